The molecule has 11 heavy (non-hydrogen) atoms. The summed E-state index contributed by atoms with van der Waals surface area (Å²) in [6.07, 6.45) is 1.88. The fraction of sp³-hybridized carbons (Fsp3) is 0.250. The molecule has 0 heterocycles. The van der Waals surface area contributed by atoms with Crippen LogP contribution in [0.5, 0.6) is 5.75 Å². The summed E-state index contributed by atoms with van der Waals surface area (Å²) in [6.45, 7) is 0.525. The molecule has 0 bridgehead atoms. The molecule has 0 aliphatic carbocycles. The third kappa shape index (κ3) is 2.13. The second-order valence-electron chi connectivity index (χ2n) is 2.06. The topological polar surface area (TPSA) is 35.2 Å². The van der Waals surface area contributed by atoms with Crippen molar-refractivity contribution in [3.63, 3.8) is 0 Å². The van der Waals surface area contributed by atoms with Gasteiger partial charge in [-0.3, -0.25) is 0 Å². The molecule has 0 aliphatic rings. The molecule has 0 aliphatic heterocycles. The van der Waals surface area contributed by atoms with Crippen molar-refractivity contribution in [2.45, 2.75) is 6.54 Å². The second kappa shape index (κ2) is 4.26. The molecule has 2 nitrogen and oxygen atoms in total. The lowest BCUT2D eigenvalue weighted by atomic mass is 10.2. The van der Waals surface area contributed by atoms with Gasteiger partial charge in [0, 0.05) is 18.4 Å². The summed E-state index contributed by atoms with van der Waals surface area (Å²) in [5.41, 5.74) is 6.54. The summed E-state index contributed by atoms with van der Waals surface area (Å²) in [7, 11) is 0. The first-order valence-corrected chi connectivity index (χ1v) is 4.52. The van der Waals surface area contributed by atoms with Gasteiger partial charge in [0.25, 0.3) is 0 Å². The van der Waals surface area contributed by atoms with E-state index in [4.69, 9.17) is 9.92 Å². The lowest BCUT2D eigenvalue weighted by molar-refractivity contribution is 0.638. The summed E-state index contributed by atoms with van der Waals surface area (Å²) >= 11 is 1.33. The highest BCUT2D eigenvalue weighted by molar-refractivity contribution is 7.94. The summed E-state index contributed by atoms with van der Waals surface area (Å²) in [6, 6.07) is 7.77. The first-order chi connectivity index (χ1) is 5.38. The van der Waals surface area contributed by atoms with Crippen LogP contribution in [0.1, 0.15) is 5.56 Å². The number of nitrogens with two attached hydrogens (primary N) is 1. The van der Waals surface area contributed by atoms with Crippen LogP contribution >= 0.6 is 12.0 Å². The third-order valence-electron chi connectivity index (χ3n) is 1.37. The van der Waals surface area contributed by atoms with E-state index in [1.54, 1.807) is 0 Å². The third-order valence-corrected chi connectivity index (χ3v) is 1.71. The minimum absolute atomic E-state index is 0.525. The molecule has 0 unspecified atom stereocenters. The van der Waals surface area contributed by atoms with E-state index >= 15 is 0 Å². The first-order valence-electron chi connectivity index (χ1n) is 3.37. The van der Waals surface area contributed by atoms with E-state index in [-0.39, 0.29) is 0 Å². The van der Waals surface area contributed by atoms with E-state index < -0.39 is 0 Å². The van der Waals surface area contributed by atoms with Crippen LogP contribution in [0, 0.1) is 0 Å². The highest BCUT2D eigenvalue weighted by Crippen LogP contribution is 2.19. The number of hydrogen-bond donors (Lipinski definition) is 1. The SMILES string of the molecule is CSOc1ccccc1CN. The average Bonchev–Trinajstić information content (AvgIpc) is 2.06. The second-order valence-corrected chi connectivity index (χ2v) is 2.56. The molecule has 0 fully saturated rings. The van der Waals surface area contributed by atoms with Gasteiger partial charge in [-0.05, 0) is 6.07 Å². The van der Waals surface area contributed by atoms with E-state index in [0.717, 1.165) is 11.3 Å². The predicted molar refractivity (Wildman–Crippen MR) is 48.5 cm³/mol. The zero-order chi connectivity index (χ0) is 8.10. The highest BCUT2D eigenvalue weighted by Gasteiger charge is 1.98. The van der Waals surface area contributed by atoms with Crippen LogP contribution < -0.4 is 9.92 Å². The molecule has 0 amide bonds. The number of para-hydroxylation sites is 1. The van der Waals surface area contributed by atoms with Crippen LogP contribution in [-0.2, 0) is 6.54 Å². The number of benzene rings is 1. The molecular weight excluding hydrogens is 158 g/mol. The van der Waals surface area contributed by atoms with Crippen molar-refractivity contribution in [2.24, 2.45) is 5.73 Å². The predicted octanol–water partition coefficient (Wildman–Crippen LogP) is 1.80. The van der Waals surface area contributed by atoms with Crippen LogP contribution in [0.25, 0.3) is 0 Å². The van der Waals surface area contributed by atoms with E-state index in [2.05, 4.69) is 0 Å². The molecule has 1 aromatic rings. The summed E-state index contributed by atoms with van der Waals surface area (Å²) in [5.74, 6) is 0.863. The van der Waals surface area contributed by atoms with Gasteiger partial charge < -0.3 is 9.92 Å². The van der Waals surface area contributed by atoms with Gasteiger partial charge in [-0.2, -0.15) is 0 Å². The van der Waals surface area contributed by atoms with Gasteiger partial charge >= 0.3 is 0 Å². The van der Waals surface area contributed by atoms with Gasteiger partial charge in [-0.1, -0.05) is 18.2 Å². The van der Waals surface area contributed by atoms with Crippen molar-refractivity contribution in [2.75, 3.05) is 6.26 Å². The van der Waals surface area contributed by atoms with Crippen LogP contribution in [0.2, 0.25) is 0 Å². The van der Waals surface area contributed by atoms with Gasteiger partial charge in [0.15, 0.2) is 0 Å². The summed E-state index contributed by atoms with van der Waals surface area (Å²) < 4.78 is 5.26. The van der Waals surface area contributed by atoms with Crippen molar-refractivity contribution in [3.05, 3.63) is 29.8 Å². The Morgan fingerprint density at radius 3 is 2.82 bits per heavy atom. The van der Waals surface area contributed by atoms with Crippen LogP contribution in [0.3, 0.4) is 0 Å². The maximum atomic E-state index is 5.49. The lowest BCUT2D eigenvalue weighted by Crippen LogP contribution is -1.97. The fourth-order valence-corrected chi connectivity index (χ4v) is 1.19. The molecule has 0 spiro atoms. The largest absolute Gasteiger partial charge is 0.426 e. The van der Waals surface area contributed by atoms with E-state index in [0.29, 0.717) is 6.54 Å². The van der Waals surface area contributed by atoms with Crippen molar-refractivity contribution in [1.82, 2.24) is 0 Å². The Kier molecular flexibility index (Phi) is 3.26. The van der Waals surface area contributed by atoms with Gasteiger partial charge in [0.1, 0.15) is 5.75 Å². The average molecular weight is 169 g/mol. The summed E-state index contributed by atoms with van der Waals surface area (Å²) in [4.78, 5) is 0. The maximum Gasteiger partial charge on any atom is 0.141 e. The normalized spacial score (nSPS) is 9.64. The Morgan fingerprint density at radius 1 is 1.45 bits per heavy atom. The Hall–Kier alpha value is -0.670. The molecule has 0 atom stereocenters. The number of hydrogen-bond acceptors (Lipinski definition) is 3. The Bertz CT molecular complexity index is 227. The molecule has 2 N–H and O–H groups in total. The van der Waals surface area contributed by atoms with Gasteiger partial charge in [-0.15, -0.1) is 0 Å². The van der Waals surface area contributed by atoms with Gasteiger partial charge in [0.2, 0.25) is 0 Å². The molecule has 1 rings (SSSR count). The standard InChI is InChI=1S/C8H11NOS/c1-11-10-8-5-3-2-4-7(8)6-9/h2-5H,6,9H2,1H3. The van der Waals surface area contributed by atoms with Crippen molar-refractivity contribution in [1.29, 1.82) is 0 Å². The molecule has 3 heteroatoms. The molecule has 1 aromatic carbocycles. The van der Waals surface area contributed by atoms with Crippen molar-refractivity contribution >= 4 is 12.0 Å². The van der Waals surface area contributed by atoms with Gasteiger partial charge in [-0.25, -0.2) is 0 Å². The van der Waals surface area contributed by atoms with Crippen LogP contribution in [0.4, 0.5) is 0 Å². The lowest BCUT2D eigenvalue weighted by Gasteiger charge is -2.04. The fourth-order valence-electron chi connectivity index (χ4n) is 0.844. The Labute approximate surface area is 70.9 Å². The Morgan fingerprint density at radius 2 is 2.18 bits per heavy atom. The minimum atomic E-state index is 0.525. The maximum absolute atomic E-state index is 5.49. The highest BCUT2D eigenvalue weighted by atomic mass is 32.2. The van der Waals surface area contributed by atoms with Crippen molar-refractivity contribution in [3.8, 4) is 5.75 Å². The van der Waals surface area contributed by atoms with Crippen molar-refractivity contribution < 1.29 is 4.18 Å². The molecule has 0 saturated carbocycles. The van der Waals surface area contributed by atoms with Gasteiger partial charge in [0.05, 0.1) is 12.0 Å². The first kappa shape index (κ1) is 8.43. The molecule has 0 aromatic heterocycles. The zero-order valence-corrected chi connectivity index (χ0v) is 7.23. The van der Waals surface area contributed by atoms with E-state index in [9.17, 15) is 0 Å². The summed E-state index contributed by atoms with van der Waals surface area (Å²) in [5, 5.41) is 0. The van der Waals surface area contributed by atoms with E-state index in [1.807, 2.05) is 30.5 Å². The number of rotatable bonds is 3. The molecule has 0 saturated heterocycles. The molecule has 60 valence electrons. The minimum Gasteiger partial charge on any atom is -0.426 e. The quantitative estimate of drug-likeness (QED) is 0.701. The molecule has 0 radical (unpaired) electrons. The smallest absolute Gasteiger partial charge is 0.141 e. The molecular formula is C8H11NOS. The van der Waals surface area contributed by atoms with Crippen LogP contribution in [-0.4, -0.2) is 6.26 Å². The zero-order valence-electron chi connectivity index (χ0n) is 6.41. The van der Waals surface area contributed by atoms with E-state index in [1.165, 1.54) is 12.0 Å². The monoisotopic (exact) mass is 169 g/mol. The Balaban J connectivity index is 2.83. The van der Waals surface area contributed by atoms with Crippen LogP contribution in [0.15, 0.2) is 24.3 Å².